The topological polar surface area (TPSA) is 38.0 Å². The van der Waals surface area contributed by atoms with Gasteiger partial charge in [0.25, 0.3) is 0 Å². The first kappa shape index (κ1) is 14.1. The van der Waals surface area contributed by atoms with Crippen LogP contribution in [0.1, 0.15) is 71.1 Å². The molecular weight excluding hydrogens is 220 g/mol. The van der Waals surface area contributed by atoms with E-state index in [1.54, 1.807) is 5.57 Å². The van der Waals surface area contributed by atoms with E-state index < -0.39 is 0 Å². The molecule has 0 spiro atoms. The number of allylic oxidation sites excluding steroid dienone is 1. The molecule has 0 radical (unpaired) electrons. The highest BCUT2D eigenvalue weighted by Crippen LogP contribution is 2.36. The molecule has 3 N–H and O–H groups in total. The maximum atomic E-state index is 5.88. The molecule has 2 aliphatic rings. The fraction of sp³-hybridized carbons (Fsp3) is 0.875. The lowest BCUT2D eigenvalue weighted by Crippen LogP contribution is -2.44. The largest absolute Gasteiger partial charge is 0.271 e. The van der Waals surface area contributed by atoms with Gasteiger partial charge in [-0.1, -0.05) is 44.3 Å². The first-order valence-electron chi connectivity index (χ1n) is 8.00. The fourth-order valence-electron chi connectivity index (χ4n) is 3.87. The summed E-state index contributed by atoms with van der Waals surface area (Å²) in [5, 5.41) is 0. The summed E-state index contributed by atoms with van der Waals surface area (Å²) in [6, 6.07) is 0.456. The van der Waals surface area contributed by atoms with Crippen LogP contribution in [-0.4, -0.2) is 6.04 Å². The normalized spacial score (nSPS) is 31.6. The molecule has 0 aromatic carbocycles. The molecule has 3 unspecified atom stereocenters. The van der Waals surface area contributed by atoms with Crippen molar-refractivity contribution in [2.24, 2.45) is 17.7 Å². The highest BCUT2D eigenvalue weighted by molar-refractivity contribution is 5.14. The van der Waals surface area contributed by atoms with E-state index in [0.29, 0.717) is 6.04 Å². The van der Waals surface area contributed by atoms with E-state index in [-0.39, 0.29) is 0 Å². The lowest BCUT2D eigenvalue weighted by molar-refractivity contribution is 0.222. The SMILES string of the molecule is CCC1CCCC(C(NN)C2=CCCCCC2)C1. The van der Waals surface area contributed by atoms with Crippen LogP contribution in [0, 0.1) is 11.8 Å². The summed E-state index contributed by atoms with van der Waals surface area (Å²) in [5.41, 5.74) is 4.75. The van der Waals surface area contributed by atoms with Crippen LogP contribution < -0.4 is 11.3 Å². The molecule has 0 saturated heterocycles. The number of hydrogen-bond donors (Lipinski definition) is 2. The van der Waals surface area contributed by atoms with Gasteiger partial charge in [0, 0.05) is 6.04 Å². The minimum absolute atomic E-state index is 0.456. The molecule has 0 aromatic rings. The first-order valence-corrected chi connectivity index (χ1v) is 8.00. The van der Waals surface area contributed by atoms with Gasteiger partial charge < -0.3 is 0 Å². The van der Waals surface area contributed by atoms with Crippen molar-refractivity contribution in [2.75, 3.05) is 0 Å². The van der Waals surface area contributed by atoms with Gasteiger partial charge in [0.1, 0.15) is 0 Å². The minimum Gasteiger partial charge on any atom is -0.271 e. The highest BCUT2D eigenvalue weighted by atomic mass is 15.2. The van der Waals surface area contributed by atoms with Gasteiger partial charge in [-0.3, -0.25) is 11.3 Å². The second kappa shape index (κ2) is 7.30. The Labute approximate surface area is 112 Å². The molecule has 0 aromatic heterocycles. The Morgan fingerprint density at radius 3 is 2.94 bits per heavy atom. The average molecular weight is 250 g/mol. The first-order chi connectivity index (χ1) is 8.85. The van der Waals surface area contributed by atoms with Gasteiger partial charge in [-0.05, 0) is 50.4 Å². The summed E-state index contributed by atoms with van der Waals surface area (Å²) < 4.78 is 0. The molecule has 1 saturated carbocycles. The summed E-state index contributed by atoms with van der Waals surface area (Å²) >= 11 is 0. The highest BCUT2D eigenvalue weighted by Gasteiger charge is 2.29. The average Bonchev–Trinajstić information content (AvgIpc) is 2.69. The Morgan fingerprint density at radius 1 is 1.28 bits per heavy atom. The molecule has 1 fully saturated rings. The van der Waals surface area contributed by atoms with Crippen LogP contribution >= 0.6 is 0 Å². The van der Waals surface area contributed by atoms with Crippen molar-refractivity contribution in [2.45, 2.75) is 77.2 Å². The number of rotatable bonds is 4. The van der Waals surface area contributed by atoms with Gasteiger partial charge >= 0.3 is 0 Å². The van der Waals surface area contributed by atoms with Crippen molar-refractivity contribution >= 4 is 0 Å². The van der Waals surface area contributed by atoms with Crippen molar-refractivity contribution in [1.29, 1.82) is 0 Å². The Hall–Kier alpha value is -0.340. The molecule has 104 valence electrons. The number of hydrogen-bond acceptors (Lipinski definition) is 2. The van der Waals surface area contributed by atoms with Crippen LogP contribution in [0.25, 0.3) is 0 Å². The summed E-state index contributed by atoms with van der Waals surface area (Å²) in [6.07, 6.45) is 16.0. The lowest BCUT2D eigenvalue weighted by Gasteiger charge is -2.35. The molecule has 0 amide bonds. The third-order valence-electron chi connectivity index (χ3n) is 5.03. The van der Waals surface area contributed by atoms with Gasteiger partial charge in [-0.25, -0.2) is 0 Å². The summed E-state index contributed by atoms with van der Waals surface area (Å²) in [4.78, 5) is 0. The molecule has 3 atom stereocenters. The predicted octanol–water partition coefficient (Wildman–Crippen LogP) is 3.93. The molecule has 18 heavy (non-hydrogen) atoms. The number of hydrazine groups is 1. The van der Waals surface area contributed by atoms with Gasteiger partial charge in [0.05, 0.1) is 0 Å². The Kier molecular flexibility index (Phi) is 5.71. The van der Waals surface area contributed by atoms with Gasteiger partial charge in [0.15, 0.2) is 0 Å². The standard InChI is InChI=1S/C16H30N2/c1-2-13-8-7-11-15(12-13)16(18-17)14-9-5-3-4-6-10-14/h9,13,15-16,18H,2-8,10-12,17H2,1H3. The summed E-state index contributed by atoms with van der Waals surface area (Å²) in [7, 11) is 0. The van der Waals surface area contributed by atoms with E-state index in [1.165, 1.54) is 64.2 Å². The molecule has 2 aliphatic carbocycles. The molecule has 2 heteroatoms. The third-order valence-corrected chi connectivity index (χ3v) is 5.03. The van der Waals surface area contributed by atoms with Crippen LogP contribution in [0.2, 0.25) is 0 Å². The quantitative estimate of drug-likeness (QED) is 0.451. The van der Waals surface area contributed by atoms with Crippen LogP contribution in [0.15, 0.2) is 11.6 Å². The van der Waals surface area contributed by atoms with Gasteiger partial charge in [-0.15, -0.1) is 0 Å². The predicted molar refractivity (Wildman–Crippen MR) is 78.0 cm³/mol. The van der Waals surface area contributed by atoms with E-state index in [4.69, 9.17) is 5.84 Å². The zero-order valence-corrected chi connectivity index (χ0v) is 12.0. The summed E-state index contributed by atoms with van der Waals surface area (Å²) in [6.45, 7) is 2.34. The third kappa shape index (κ3) is 3.58. The minimum atomic E-state index is 0.456. The van der Waals surface area contributed by atoms with Crippen molar-refractivity contribution in [1.82, 2.24) is 5.43 Å². The fourth-order valence-corrected chi connectivity index (χ4v) is 3.87. The van der Waals surface area contributed by atoms with Crippen LogP contribution in [0.5, 0.6) is 0 Å². The van der Waals surface area contributed by atoms with E-state index in [2.05, 4.69) is 18.4 Å². The Balaban J connectivity index is 2.00. The zero-order chi connectivity index (χ0) is 12.8. The number of nitrogens with one attached hydrogen (secondary N) is 1. The Morgan fingerprint density at radius 2 is 2.17 bits per heavy atom. The lowest BCUT2D eigenvalue weighted by atomic mass is 9.74. The van der Waals surface area contributed by atoms with E-state index in [9.17, 15) is 0 Å². The second-order valence-electron chi connectivity index (χ2n) is 6.22. The molecule has 0 heterocycles. The van der Waals surface area contributed by atoms with Crippen molar-refractivity contribution in [3.63, 3.8) is 0 Å². The van der Waals surface area contributed by atoms with E-state index in [1.807, 2.05) is 0 Å². The smallest absolute Gasteiger partial charge is 0.0448 e. The molecule has 2 nitrogen and oxygen atoms in total. The van der Waals surface area contributed by atoms with Crippen molar-refractivity contribution in [3.05, 3.63) is 11.6 Å². The second-order valence-corrected chi connectivity index (χ2v) is 6.22. The number of nitrogens with two attached hydrogens (primary N) is 1. The Bertz CT molecular complexity index is 272. The molecule has 0 bridgehead atoms. The molecule has 0 aliphatic heterocycles. The molecule has 2 rings (SSSR count). The zero-order valence-electron chi connectivity index (χ0n) is 12.0. The summed E-state index contributed by atoms with van der Waals surface area (Å²) in [5.74, 6) is 7.59. The van der Waals surface area contributed by atoms with Crippen LogP contribution in [0.4, 0.5) is 0 Å². The molecular formula is C16H30N2. The maximum Gasteiger partial charge on any atom is 0.0448 e. The van der Waals surface area contributed by atoms with Crippen LogP contribution in [-0.2, 0) is 0 Å². The van der Waals surface area contributed by atoms with Gasteiger partial charge in [0.2, 0.25) is 0 Å². The van der Waals surface area contributed by atoms with E-state index >= 15 is 0 Å². The van der Waals surface area contributed by atoms with Gasteiger partial charge in [-0.2, -0.15) is 0 Å². The van der Waals surface area contributed by atoms with Crippen LogP contribution in [0.3, 0.4) is 0 Å². The van der Waals surface area contributed by atoms with E-state index in [0.717, 1.165) is 11.8 Å². The monoisotopic (exact) mass is 250 g/mol. The van der Waals surface area contributed by atoms with Crippen molar-refractivity contribution in [3.8, 4) is 0 Å². The van der Waals surface area contributed by atoms with Crippen molar-refractivity contribution < 1.29 is 0 Å². The maximum absolute atomic E-state index is 5.88.